The summed E-state index contributed by atoms with van der Waals surface area (Å²) in [5.74, 6) is 0. The van der Waals surface area contributed by atoms with E-state index in [1.807, 2.05) is 51.1 Å². The zero-order valence-electron chi connectivity index (χ0n) is 11.1. The van der Waals surface area contributed by atoms with Crippen molar-refractivity contribution in [3.63, 3.8) is 0 Å². The normalized spacial score (nSPS) is 9.06. The van der Waals surface area contributed by atoms with Crippen molar-refractivity contribution in [2.45, 2.75) is 20.8 Å². The van der Waals surface area contributed by atoms with Gasteiger partial charge in [-0.2, -0.15) is 0 Å². The maximum absolute atomic E-state index is 7.37. The first kappa shape index (κ1) is 13.9. The lowest BCUT2D eigenvalue weighted by Gasteiger charge is -2.09. The number of pyridine rings is 1. The van der Waals surface area contributed by atoms with Gasteiger partial charge in [0.1, 0.15) is 0 Å². The number of hydrogen-bond acceptors (Lipinski definition) is 3. The van der Waals surface area contributed by atoms with Crippen molar-refractivity contribution in [2.24, 2.45) is 0 Å². The van der Waals surface area contributed by atoms with E-state index < -0.39 is 0 Å². The van der Waals surface area contributed by atoms with Gasteiger partial charge in [0.05, 0.1) is 0 Å². The van der Waals surface area contributed by atoms with Crippen LogP contribution in [0, 0.1) is 12.3 Å². The summed E-state index contributed by atoms with van der Waals surface area (Å²) in [7, 11) is 0. The van der Waals surface area contributed by atoms with Gasteiger partial charge in [-0.1, -0.05) is 25.5 Å². The van der Waals surface area contributed by atoms with Gasteiger partial charge in [0.2, 0.25) is 0 Å². The van der Waals surface area contributed by atoms with Crippen molar-refractivity contribution in [3.05, 3.63) is 53.9 Å². The van der Waals surface area contributed by atoms with Crippen LogP contribution >= 0.6 is 0 Å². The number of nitrogens with zero attached hydrogens (tertiary/aromatic N) is 1. The van der Waals surface area contributed by atoms with E-state index in [1.54, 1.807) is 12.4 Å². The SMILES string of the molecule is CC.Cc1ccc(Nc2ccncc2)c(C=N)c1. The number of hydrogen-bond donors (Lipinski definition) is 2. The van der Waals surface area contributed by atoms with Crippen molar-refractivity contribution >= 4 is 17.6 Å². The fraction of sp³-hybridized carbons (Fsp3) is 0.200. The smallest absolute Gasteiger partial charge is 0.0473 e. The van der Waals surface area contributed by atoms with Gasteiger partial charge in [-0.25, -0.2) is 0 Å². The Hall–Kier alpha value is -2.16. The third-order valence-electron chi connectivity index (χ3n) is 2.32. The van der Waals surface area contributed by atoms with Gasteiger partial charge in [0.15, 0.2) is 0 Å². The Morgan fingerprint density at radius 2 is 1.78 bits per heavy atom. The Bertz CT molecular complexity index is 492. The molecule has 1 aromatic carbocycles. The van der Waals surface area contributed by atoms with E-state index in [4.69, 9.17) is 5.41 Å². The molecule has 0 bridgehead atoms. The van der Waals surface area contributed by atoms with E-state index in [-0.39, 0.29) is 0 Å². The molecule has 0 unspecified atom stereocenters. The van der Waals surface area contributed by atoms with Crippen LogP contribution < -0.4 is 5.32 Å². The highest BCUT2D eigenvalue weighted by Gasteiger charge is 2.00. The standard InChI is InChI=1S/C13H13N3.C2H6/c1-10-2-3-13(11(8-10)9-14)16-12-4-6-15-7-5-12;1-2/h2-9,14H,1H3,(H,15,16);1-2H3. The van der Waals surface area contributed by atoms with Crippen LogP contribution in [-0.2, 0) is 0 Å². The fourth-order valence-electron chi connectivity index (χ4n) is 1.51. The van der Waals surface area contributed by atoms with Gasteiger partial charge in [-0.3, -0.25) is 4.98 Å². The van der Waals surface area contributed by atoms with Crippen molar-refractivity contribution in [2.75, 3.05) is 5.32 Å². The minimum atomic E-state index is 0.886. The quantitative estimate of drug-likeness (QED) is 0.793. The van der Waals surface area contributed by atoms with Crippen LogP contribution in [0.3, 0.4) is 0 Å². The number of rotatable bonds is 3. The first-order valence-electron chi connectivity index (χ1n) is 6.08. The Morgan fingerprint density at radius 3 is 2.39 bits per heavy atom. The second-order valence-electron chi connectivity index (χ2n) is 3.60. The van der Waals surface area contributed by atoms with E-state index in [9.17, 15) is 0 Å². The van der Waals surface area contributed by atoms with E-state index in [2.05, 4.69) is 10.3 Å². The van der Waals surface area contributed by atoms with E-state index in [0.29, 0.717) is 0 Å². The summed E-state index contributed by atoms with van der Waals surface area (Å²) in [5, 5.41) is 10.6. The van der Waals surface area contributed by atoms with Crippen LogP contribution in [0.15, 0.2) is 42.7 Å². The second kappa shape index (κ2) is 7.22. The zero-order valence-corrected chi connectivity index (χ0v) is 11.1. The van der Waals surface area contributed by atoms with Gasteiger partial charge in [0.25, 0.3) is 0 Å². The Kier molecular flexibility index (Phi) is 5.58. The molecule has 0 aliphatic carbocycles. The summed E-state index contributed by atoms with van der Waals surface area (Å²) in [4.78, 5) is 3.96. The molecule has 0 saturated heterocycles. The largest absolute Gasteiger partial charge is 0.355 e. The molecule has 0 amide bonds. The number of aryl methyl sites for hydroxylation is 1. The van der Waals surface area contributed by atoms with Crippen LogP contribution in [0.5, 0.6) is 0 Å². The molecule has 1 aromatic heterocycles. The first-order chi connectivity index (χ1) is 8.79. The van der Waals surface area contributed by atoms with Crippen LogP contribution in [0.25, 0.3) is 0 Å². The van der Waals surface area contributed by atoms with Crippen molar-refractivity contribution in [1.29, 1.82) is 5.41 Å². The summed E-state index contributed by atoms with van der Waals surface area (Å²) < 4.78 is 0. The highest BCUT2D eigenvalue weighted by molar-refractivity contribution is 5.87. The molecule has 0 saturated carbocycles. The molecule has 18 heavy (non-hydrogen) atoms. The average molecular weight is 241 g/mol. The van der Waals surface area contributed by atoms with Gasteiger partial charge in [-0.05, 0) is 31.2 Å². The summed E-state index contributed by atoms with van der Waals surface area (Å²) >= 11 is 0. The topological polar surface area (TPSA) is 48.8 Å². The van der Waals surface area contributed by atoms with Crippen molar-refractivity contribution in [3.8, 4) is 0 Å². The van der Waals surface area contributed by atoms with E-state index in [0.717, 1.165) is 22.5 Å². The Balaban J connectivity index is 0.000000771. The van der Waals surface area contributed by atoms with Crippen LogP contribution in [0.1, 0.15) is 25.0 Å². The molecular weight excluding hydrogens is 222 g/mol. The summed E-state index contributed by atoms with van der Waals surface area (Å²) in [6, 6.07) is 9.78. The van der Waals surface area contributed by atoms with E-state index in [1.165, 1.54) is 6.21 Å². The molecule has 2 aromatic rings. The highest BCUT2D eigenvalue weighted by Crippen LogP contribution is 2.20. The summed E-state index contributed by atoms with van der Waals surface area (Å²) in [5.41, 5.74) is 3.95. The lowest BCUT2D eigenvalue weighted by atomic mass is 10.1. The van der Waals surface area contributed by atoms with Crippen LogP contribution in [-0.4, -0.2) is 11.2 Å². The molecule has 0 fully saturated rings. The third kappa shape index (κ3) is 3.70. The minimum absolute atomic E-state index is 0.886. The predicted molar refractivity (Wildman–Crippen MR) is 77.9 cm³/mol. The van der Waals surface area contributed by atoms with Crippen molar-refractivity contribution in [1.82, 2.24) is 4.98 Å². The summed E-state index contributed by atoms with van der Waals surface area (Å²) in [6.07, 6.45) is 4.83. The predicted octanol–water partition coefficient (Wildman–Crippen LogP) is 4.16. The molecular formula is C15H19N3. The molecule has 2 rings (SSSR count). The van der Waals surface area contributed by atoms with Crippen LogP contribution in [0.2, 0.25) is 0 Å². The maximum atomic E-state index is 7.37. The monoisotopic (exact) mass is 241 g/mol. The molecule has 94 valence electrons. The minimum Gasteiger partial charge on any atom is -0.355 e. The first-order valence-corrected chi connectivity index (χ1v) is 6.08. The average Bonchev–Trinajstić information content (AvgIpc) is 2.44. The van der Waals surface area contributed by atoms with E-state index >= 15 is 0 Å². The highest BCUT2D eigenvalue weighted by atomic mass is 14.9. The fourth-order valence-corrected chi connectivity index (χ4v) is 1.51. The number of nitrogens with one attached hydrogen (secondary N) is 2. The van der Waals surface area contributed by atoms with Gasteiger partial charge in [-0.15, -0.1) is 0 Å². The Morgan fingerprint density at radius 1 is 1.11 bits per heavy atom. The third-order valence-corrected chi connectivity index (χ3v) is 2.32. The molecule has 0 aliphatic rings. The zero-order chi connectivity index (χ0) is 13.4. The number of anilines is 2. The van der Waals surface area contributed by atoms with Gasteiger partial charge in [0, 0.05) is 35.5 Å². The second-order valence-corrected chi connectivity index (χ2v) is 3.60. The molecule has 3 heteroatoms. The number of aromatic nitrogens is 1. The lowest BCUT2D eigenvalue weighted by molar-refractivity contribution is 1.32. The van der Waals surface area contributed by atoms with Crippen molar-refractivity contribution < 1.29 is 0 Å². The maximum Gasteiger partial charge on any atom is 0.0473 e. The molecule has 0 atom stereocenters. The van der Waals surface area contributed by atoms with Gasteiger partial charge < -0.3 is 10.7 Å². The lowest BCUT2D eigenvalue weighted by Crippen LogP contribution is -1.95. The summed E-state index contributed by atoms with van der Waals surface area (Å²) in [6.45, 7) is 6.02. The molecule has 2 N–H and O–H groups in total. The molecule has 3 nitrogen and oxygen atoms in total. The molecule has 0 radical (unpaired) electrons. The number of benzene rings is 1. The Labute approximate surface area is 108 Å². The molecule has 1 heterocycles. The molecule has 0 spiro atoms. The van der Waals surface area contributed by atoms with Gasteiger partial charge >= 0.3 is 0 Å². The van der Waals surface area contributed by atoms with Crippen LogP contribution in [0.4, 0.5) is 11.4 Å². The molecule has 0 aliphatic heterocycles.